The number of hydrogen-bond acceptors (Lipinski definition) is 5. The number of hydrogen-bond donors (Lipinski definition) is 2. The van der Waals surface area contributed by atoms with Crippen molar-refractivity contribution < 1.29 is 32.3 Å². The van der Waals surface area contributed by atoms with E-state index in [9.17, 15) is 5.11 Å². The van der Waals surface area contributed by atoms with Crippen molar-refractivity contribution in [2.75, 3.05) is 0 Å². The Morgan fingerprint density at radius 1 is 1.00 bits per heavy atom. The molecule has 0 heterocycles. The summed E-state index contributed by atoms with van der Waals surface area (Å²) in [5, 5.41) is 29.2. The van der Waals surface area contributed by atoms with Crippen molar-refractivity contribution in [3.63, 3.8) is 0 Å². The molecule has 132 valence electrons. The van der Waals surface area contributed by atoms with Crippen LogP contribution in [0.15, 0.2) is 58.8 Å². The smallest absolute Gasteiger partial charge is 0.505 e. The van der Waals surface area contributed by atoms with E-state index in [1.54, 1.807) is 24.3 Å². The minimum absolute atomic E-state index is 0. The monoisotopic (exact) mass is 384 g/mol. The van der Waals surface area contributed by atoms with Crippen molar-refractivity contribution >= 4 is 22.1 Å². The number of aryl methyl sites for hydroxylation is 2. The normalized spacial score (nSPS) is 10.8. The second-order valence-corrected chi connectivity index (χ2v) is 5.60. The first-order valence-corrected chi connectivity index (χ1v) is 7.47. The van der Waals surface area contributed by atoms with Gasteiger partial charge < -0.3 is 5.11 Å². The molecule has 5 nitrogen and oxygen atoms in total. The summed E-state index contributed by atoms with van der Waals surface area (Å²) in [6.45, 7) is 5.06. The van der Waals surface area contributed by atoms with Crippen molar-refractivity contribution in [2.45, 2.75) is 13.8 Å². The zero-order chi connectivity index (χ0) is 17.1. The van der Waals surface area contributed by atoms with Crippen LogP contribution in [0.4, 0.5) is 11.4 Å². The van der Waals surface area contributed by atoms with Gasteiger partial charge in [-0.3, -0.25) is 10.1 Å². The van der Waals surface area contributed by atoms with E-state index < -0.39 is 0 Å². The Balaban J connectivity index is 0.00000225. The van der Waals surface area contributed by atoms with Crippen LogP contribution >= 0.6 is 0 Å². The molecule has 0 fully saturated rings. The summed E-state index contributed by atoms with van der Waals surface area (Å²) in [6, 6.07) is 14.9. The van der Waals surface area contributed by atoms with Crippen LogP contribution in [0.25, 0.3) is 10.8 Å². The first-order chi connectivity index (χ1) is 11.6. The Morgan fingerprint density at radius 2 is 1.76 bits per heavy atom. The number of phenols is 1. The molecule has 0 aliphatic heterocycles. The van der Waals surface area contributed by atoms with Gasteiger partial charge in [-0.1, -0.05) is 35.9 Å². The van der Waals surface area contributed by atoms with Crippen LogP contribution in [0.1, 0.15) is 16.7 Å². The molecule has 0 spiro atoms. The Kier molecular flexibility index (Phi) is 6.17. The third-order valence-corrected chi connectivity index (χ3v) is 3.81. The van der Waals surface area contributed by atoms with E-state index in [1.165, 1.54) is 6.61 Å². The van der Waals surface area contributed by atoms with Crippen LogP contribution < -0.4 is 0 Å². The number of benzene rings is 3. The zero-order valence-corrected chi connectivity index (χ0v) is 14.6. The Bertz CT molecular complexity index is 926. The van der Waals surface area contributed by atoms with Gasteiger partial charge in [0.25, 0.3) is 0 Å². The van der Waals surface area contributed by atoms with E-state index >= 15 is 0 Å². The summed E-state index contributed by atoms with van der Waals surface area (Å²) in [6.07, 6.45) is 0. The molecule has 0 bridgehead atoms. The van der Waals surface area contributed by atoms with Crippen molar-refractivity contribution in [3.8, 4) is 5.75 Å². The molecule has 0 aromatic heterocycles. The van der Waals surface area contributed by atoms with Gasteiger partial charge in [-0.15, -0.1) is 11.6 Å². The molecule has 6 heteroatoms. The maximum Gasteiger partial charge on any atom is 1.00 e. The third-order valence-electron chi connectivity index (χ3n) is 3.81. The molecule has 0 aliphatic carbocycles. The Labute approximate surface area is 156 Å². The first-order valence-electron chi connectivity index (χ1n) is 7.47. The molecule has 2 N–H and O–H groups in total. The summed E-state index contributed by atoms with van der Waals surface area (Å²) in [7, 11) is 0. The van der Waals surface area contributed by atoms with Gasteiger partial charge in [0.05, 0.1) is 0 Å². The van der Waals surface area contributed by atoms with E-state index in [0.717, 1.165) is 21.9 Å². The molecule has 0 saturated carbocycles. The molecule has 0 unspecified atom stereocenters. The van der Waals surface area contributed by atoms with Gasteiger partial charge in [0.2, 0.25) is 0 Å². The van der Waals surface area contributed by atoms with E-state index in [2.05, 4.69) is 15.1 Å². The standard InChI is InChI=1S/C19H17N2O3.Cu/c1-12-7-8-16-15(9-12)10-13(2)18(19(16)22)21-20-17-6-4-3-5-14(17)11-24-23;/h3-11,22-23H,1-2H3;/q-1;+1. The molecule has 3 aromatic carbocycles. The van der Waals surface area contributed by atoms with Gasteiger partial charge in [0.15, 0.2) is 5.75 Å². The minimum atomic E-state index is 0. The average Bonchev–Trinajstić information content (AvgIpc) is 2.56. The summed E-state index contributed by atoms with van der Waals surface area (Å²) >= 11 is 0. The molecule has 0 aliphatic rings. The van der Waals surface area contributed by atoms with Crippen molar-refractivity contribution in [1.82, 2.24) is 0 Å². The van der Waals surface area contributed by atoms with Crippen LogP contribution in [0.3, 0.4) is 0 Å². The average molecular weight is 385 g/mol. The number of phenolic OH excluding ortho intramolecular Hbond substituents is 1. The van der Waals surface area contributed by atoms with E-state index in [1.807, 2.05) is 38.1 Å². The molecular weight excluding hydrogens is 368 g/mol. The van der Waals surface area contributed by atoms with Gasteiger partial charge in [0, 0.05) is 5.39 Å². The summed E-state index contributed by atoms with van der Waals surface area (Å²) < 4.78 is 0. The SMILES string of the molecule is Cc1ccc2c(O)c(N=Nc3ccccc3[CH-]OO)c(C)cc2c1.[Cu+]. The van der Waals surface area contributed by atoms with E-state index in [0.29, 0.717) is 16.9 Å². The quantitative estimate of drug-likeness (QED) is 0.203. The number of aromatic hydroxyl groups is 1. The second kappa shape index (κ2) is 8.14. The predicted octanol–water partition coefficient (Wildman–Crippen LogP) is 5.57. The molecule has 0 amide bonds. The number of azo groups is 1. The summed E-state index contributed by atoms with van der Waals surface area (Å²) in [5.41, 5.74) is 3.48. The van der Waals surface area contributed by atoms with Gasteiger partial charge in [-0.05, 0) is 43.2 Å². The third kappa shape index (κ3) is 4.00. The summed E-state index contributed by atoms with van der Waals surface area (Å²) in [5.74, 6) is 0.105. The minimum Gasteiger partial charge on any atom is -0.505 e. The topological polar surface area (TPSA) is 74.4 Å². The van der Waals surface area contributed by atoms with Crippen LogP contribution in [0, 0.1) is 20.5 Å². The molecule has 25 heavy (non-hydrogen) atoms. The maximum absolute atomic E-state index is 10.5. The second-order valence-electron chi connectivity index (χ2n) is 5.60. The molecule has 3 rings (SSSR count). The largest absolute Gasteiger partial charge is 1.00 e. The van der Waals surface area contributed by atoms with Crippen LogP contribution in [0.5, 0.6) is 5.75 Å². The zero-order valence-electron chi connectivity index (χ0n) is 13.7. The van der Waals surface area contributed by atoms with E-state index in [-0.39, 0.29) is 22.8 Å². The first kappa shape index (κ1) is 19.0. The number of nitrogens with zero attached hydrogens (tertiary/aromatic N) is 2. The fourth-order valence-electron chi connectivity index (χ4n) is 2.60. The van der Waals surface area contributed by atoms with Gasteiger partial charge in [-0.25, -0.2) is 5.11 Å². The molecule has 0 saturated heterocycles. The predicted molar refractivity (Wildman–Crippen MR) is 92.8 cm³/mol. The van der Waals surface area contributed by atoms with Crippen molar-refractivity contribution in [1.29, 1.82) is 0 Å². The van der Waals surface area contributed by atoms with Crippen molar-refractivity contribution in [2.24, 2.45) is 10.2 Å². The fourth-order valence-corrected chi connectivity index (χ4v) is 2.60. The molecule has 3 aromatic rings. The van der Waals surface area contributed by atoms with Crippen molar-refractivity contribution in [3.05, 3.63) is 71.8 Å². The number of rotatable bonds is 4. The molecule has 0 atom stereocenters. The molecule has 0 radical (unpaired) electrons. The number of fused-ring (bicyclic) bond motifs is 1. The van der Waals surface area contributed by atoms with E-state index in [4.69, 9.17) is 5.26 Å². The maximum atomic E-state index is 10.5. The fraction of sp³-hybridized carbons (Fsp3) is 0.105. The van der Waals surface area contributed by atoms with Gasteiger partial charge in [0.1, 0.15) is 5.69 Å². The Hall–Kier alpha value is -2.37. The van der Waals surface area contributed by atoms with Crippen LogP contribution in [0.2, 0.25) is 0 Å². The van der Waals surface area contributed by atoms with Gasteiger partial charge in [-0.2, -0.15) is 11.2 Å². The van der Waals surface area contributed by atoms with Crippen LogP contribution in [-0.4, -0.2) is 10.4 Å². The molecular formula is C19H17CuN2O3. The van der Waals surface area contributed by atoms with Gasteiger partial charge >= 0.3 is 17.1 Å². The Morgan fingerprint density at radius 3 is 2.52 bits per heavy atom. The summed E-state index contributed by atoms with van der Waals surface area (Å²) in [4.78, 5) is 4.06. The van der Waals surface area contributed by atoms with Crippen LogP contribution in [-0.2, 0) is 22.0 Å².